The third-order valence-corrected chi connectivity index (χ3v) is 5.51. The number of imidazole rings is 1. The van der Waals surface area contributed by atoms with Gasteiger partial charge in [-0.1, -0.05) is 12.1 Å². The first-order chi connectivity index (χ1) is 9.94. The predicted molar refractivity (Wildman–Crippen MR) is 79.7 cm³/mol. The smallest absolute Gasteiger partial charge is 0.240 e. The lowest BCUT2D eigenvalue weighted by Crippen LogP contribution is -2.37. The molecule has 7 heteroatoms. The quantitative estimate of drug-likeness (QED) is 0.902. The summed E-state index contributed by atoms with van der Waals surface area (Å²) in [6.45, 7) is 2.01. The summed E-state index contributed by atoms with van der Waals surface area (Å²) in [5, 5.41) is 2.80. The van der Waals surface area contributed by atoms with Gasteiger partial charge in [0.25, 0.3) is 0 Å². The summed E-state index contributed by atoms with van der Waals surface area (Å²) in [5.41, 5.74) is 1.76. The van der Waals surface area contributed by atoms with Gasteiger partial charge in [-0.3, -0.25) is 4.79 Å². The first-order valence-electron chi connectivity index (χ1n) is 6.86. The second-order valence-electron chi connectivity index (χ2n) is 5.40. The second kappa shape index (κ2) is 5.14. The molecule has 1 saturated heterocycles. The highest BCUT2D eigenvalue weighted by Crippen LogP contribution is 2.16. The van der Waals surface area contributed by atoms with E-state index in [1.165, 1.54) is 0 Å². The molecule has 1 aromatic heterocycles. The number of aromatic nitrogens is 2. The Morgan fingerprint density at radius 2 is 2.19 bits per heavy atom. The molecule has 1 aliphatic rings. The van der Waals surface area contributed by atoms with Gasteiger partial charge in [0, 0.05) is 6.04 Å². The zero-order valence-electron chi connectivity index (χ0n) is 11.7. The molecule has 0 bridgehead atoms. The lowest BCUT2D eigenvalue weighted by atomic mass is 10.2. The van der Waals surface area contributed by atoms with Crippen molar-refractivity contribution < 1.29 is 13.2 Å². The molecular formula is C14H17N3O3S. The number of aryl methyl sites for hydroxylation is 1. The number of rotatable bonds is 3. The van der Waals surface area contributed by atoms with Gasteiger partial charge in [0.05, 0.1) is 22.5 Å². The summed E-state index contributed by atoms with van der Waals surface area (Å²) in [4.78, 5) is 16.5. The summed E-state index contributed by atoms with van der Waals surface area (Å²) in [6.07, 6.45) is 0.498. The molecule has 0 aliphatic carbocycles. The molecule has 1 amide bonds. The molecule has 1 aliphatic heterocycles. The third-order valence-electron chi connectivity index (χ3n) is 3.74. The van der Waals surface area contributed by atoms with Gasteiger partial charge in [-0.15, -0.1) is 0 Å². The zero-order valence-corrected chi connectivity index (χ0v) is 12.6. The highest BCUT2D eigenvalue weighted by molar-refractivity contribution is 7.91. The molecule has 0 saturated carbocycles. The van der Waals surface area contributed by atoms with Crippen LogP contribution in [0.1, 0.15) is 12.2 Å². The normalized spacial score (nSPS) is 20.7. The fraction of sp³-hybridized carbons (Fsp3) is 0.429. The third kappa shape index (κ3) is 2.92. The Morgan fingerprint density at radius 1 is 1.43 bits per heavy atom. The number of sulfone groups is 1. The van der Waals surface area contributed by atoms with Crippen molar-refractivity contribution in [1.82, 2.24) is 14.9 Å². The van der Waals surface area contributed by atoms with Gasteiger partial charge < -0.3 is 9.88 Å². The van der Waals surface area contributed by atoms with Crippen LogP contribution in [0.5, 0.6) is 0 Å². The van der Waals surface area contributed by atoms with Crippen LogP contribution in [0.15, 0.2) is 24.3 Å². The SMILES string of the molecule is Cc1nc2ccccc2n1CC(=O)NC1CCS(=O)(=O)C1. The van der Waals surface area contributed by atoms with Gasteiger partial charge in [0.15, 0.2) is 9.84 Å². The molecule has 1 atom stereocenters. The first-order valence-corrected chi connectivity index (χ1v) is 8.68. The van der Waals surface area contributed by atoms with Crippen molar-refractivity contribution >= 4 is 26.8 Å². The van der Waals surface area contributed by atoms with Crippen LogP contribution < -0.4 is 5.32 Å². The molecule has 21 heavy (non-hydrogen) atoms. The standard InChI is InChI=1S/C14H17N3O3S/c1-10-15-12-4-2-3-5-13(12)17(10)8-14(18)16-11-6-7-21(19,20)9-11/h2-5,11H,6-9H2,1H3,(H,16,18). The molecular weight excluding hydrogens is 290 g/mol. The molecule has 3 rings (SSSR count). The van der Waals surface area contributed by atoms with E-state index < -0.39 is 9.84 Å². The number of nitrogens with one attached hydrogen (secondary N) is 1. The number of carbonyl (C=O) groups is 1. The van der Waals surface area contributed by atoms with Crippen molar-refractivity contribution in [2.24, 2.45) is 0 Å². The first kappa shape index (κ1) is 14.1. The van der Waals surface area contributed by atoms with Crippen LogP contribution in [0.2, 0.25) is 0 Å². The predicted octanol–water partition coefficient (Wildman–Crippen LogP) is 0.648. The summed E-state index contributed by atoms with van der Waals surface area (Å²) in [6, 6.07) is 7.37. The number of carbonyl (C=O) groups excluding carboxylic acids is 1. The minimum absolute atomic E-state index is 0.0440. The van der Waals surface area contributed by atoms with Gasteiger partial charge in [0.2, 0.25) is 5.91 Å². The lowest BCUT2D eigenvalue weighted by Gasteiger charge is -2.12. The molecule has 0 spiro atoms. The fourth-order valence-corrected chi connectivity index (χ4v) is 4.39. The van der Waals surface area contributed by atoms with Crippen LogP contribution in [0.3, 0.4) is 0 Å². The number of nitrogens with zero attached hydrogens (tertiary/aromatic N) is 2. The summed E-state index contributed by atoms with van der Waals surface area (Å²) < 4.78 is 24.6. The molecule has 1 N–H and O–H groups in total. The van der Waals surface area contributed by atoms with Crippen molar-refractivity contribution in [3.05, 3.63) is 30.1 Å². The Balaban J connectivity index is 1.74. The maximum absolute atomic E-state index is 12.1. The summed E-state index contributed by atoms with van der Waals surface area (Å²) in [7, 11) is -2.98. The molecule has 1 aromatic carbocycles. The molecule has 2 aromatic rings. The average Bonchev–Trinajstić information content (AvgIpc) is 2.90. The fourth-order valence-electron chi connectivity index (χ4n) is 2.72. The Morgan fingerprint density at radius 3 is 2.90 bits per heavy atom. The van der Waals surface area contributed by atoms with E-state index in [1.807, 2.05) is 35.8 Å². The number of para-hydroxylation sites is 2. The number of fused-ring (bicyclic) bond motifs is 1. The molecule has 2 heterocycles. The maximum atomic E-state index is 12.1. The number of hydrogen-bond acceptors (Lipinski definition) is 4. The van der Waals surface area contributed by atoms with E-state index in [-0.39, 0.29) is 30.0 Å². The molecule has 6 nitrogen and oxygen atoms in total. The highest BCUT2D eigenvalue weighted by Gasteiger charge is 2.29. The number of benzene rings is 1. The van der Waals surface area contributed by atoms with E-state index in [2.05, 4.69) is 10.3 Å². The minimum Gasteiger partial charge on any atom is -0.351 e. The van der Waals surface area contributed by atoms with Gasteiger partial charge in [0.1, 0.15) is 12.4 Å². The molecule has 0 radical (unpaired) electrons. The van der Waals surface area contributed by atoms with Crippen molar-refractivity contribution in [3.8, 4) is 0 Å². The Kier molecular flexibility index (Phi) is 3.44. The van der Waals surface area contributed by atoms with Gasteiger partial charge in [-0.2, -0.15) is 0 Å². The summed E-state index contributed by atoms with van der Waals surface area (Å²) >= 11 is 0. The van der Waals surface area contributed by atoms with Crippen molar-refractivity contribution in [3.63, 3.8) is 0 Å². The van der Waals surface area contributed by atoms with E-state index in [1.54, 1.807) is 0 Å². The molecule has 1 unspecified atom stereocenters. The van der Waals surface area contributed by atoms with E-state index in [0.717, 1.165) is 16.9 Å². The summed E-state index contributed by atoms with van der Waals surface area (Å²) in [5.74, 6) is 0.793. The van der Waals surface area contributed by atoms with E-state index in [0.29, 0.717) is 6.42 Å². The number of hydrogen-bond donors (Lipinski definition) is 1. The molecule has 1 fully saturated rings. The lowest BCUT2D eigenvalue weighted by molar-refractivity contribution is -0.122. The van der Waals surface area contributed by atoms with Gasteiger partial charge in [-0.25, -0.2) is 13.4 Å². The monoisotopic (exact) mass is 307 g/mol. The topological polar surface area (TPSA) is 81.1 Å². The van der Waals surface area contributed by atoms with E-state index in [9.17, 15) is 13.2 Å². The van der Waals surface area contributed by atoms with Gasteiger partial charge in [-0.05, 0) is 25.5 Å². The van der Waals surface area contributed by atoms with Crippen molar-refractivity contribution in [2.75, 3.05) is 11.5 Å². The Hall–Kier alpha value is -1.89. The Labute approximate surface area is 123 Å². The highest BCUT2D eigenvalue weighted by atomic mass is 32.2. The maximum Gasteiger partial charge on any atom is 0.240 e. The molecule has 112 valence electrons. The van der Waals surface area contributed by atoms with Crippen LogP contribution in [0.25, 0.3) is 11.0 Å². The van der Waals surface area contributed by atoms with Crippen LogP contribution in [0, 0.1) is 6.92 Å². The van der Waals surface area contributed by atoms with E-state index >= 15 is 0 Å². The van der Waals surface area contributed by atoms with Crippen LogP contribution in [-0.2, 0) is 21.2 Å². The van der Waals surface area contributed by atoms with Gasteiger partial charge >= 0.3 is 0 Å². The van der Waals surface area contributed by atoms with Crippen molar-refractivity contribution in [1.29, 1.82) is 0 Å². The average molecular weight is 307 g/mol. The zero-order chi connectivity index (χ0) is 15.0. The van der Waals surface area contributed by atoms with E-state index in [4.69, 9.17) is 0 Å². The van der Waals surface area contributed by atoms with Crippen LogP contribution in [-0.4, -0.2) is 41.4 Å². The Bertz CT molecular complexity index is 795. The largest absolute Gasteiger partial charge is 0.351 e. The van der Waals surface area contributed by atoms with Crippen LogP contribution in [0.4, 0.5) is 0 Å². The second-order valence-corrected chi connectivity index (χ2v) is 7.63. The van der Waals surface area contributed by atoms with Crippen LogP contribution >= 0.6 is 0 Å². The van der Waals surface area contributed by atoms with Crippen molar-refractivity contribution in [2.45, 2.75) is 25.9 Å². The number of amides is 1. The minimum atomic E-state index is -2.98.